The monoisotopic (exact) mass is 452 g/mol. The summed E-state index contributed by atoms with van der Waals surface area (Å²) in [4.78, 5) is 22.5. The molecule has 1 aromatic carbocycles. The molecule has 170 valence electrons. The summed E-state index contributed by atoms with van der Waals surface area (Å²) in [5, 5.41) is 9.79. The van der Waals surface area contributed by atoms with E-state index in [1.165, 1.54) is 12.4 Å². The van der Waals surface area contributed by atoms with Gasteiger partial charge in [-0.25, -0.2) is 14.6 Å². The summed E-state index contributed by atoms with van der Waals surface area (Å²) in [5.74, 6) is 6.52. The fraction of sp³-hybridized carbons (Fsp3) is 0.240. The number of carbonyl (C=O) groups is 1. The number of nitrogen functional groups attached to an aromatic ring is 1. The number of hydrogen-bond donors (Lipinski definition) is 1. The van der Waals surface area contributed by atoms with Crippen molar-refractivity contribution in [3.8, 4) is 11.8 Å². The summed E-state index contributed by atoms with van der Waals surface area (Å²) >= 11 is 0. The molecule has 0 radical (unpaired) electrons. The molecule has 0 saturated carbocycles. The maximum atomic E-state index is 12.1. The minimum Gasteiger partial charge on any atom is -0.383 e. The summed E-state index contributed by atoms with van der Waals surface area (Å²) in [6.07, 6.45) is 8.15. The number of carbonyl (C=O) groups excluding carboxylic acids is 1. The third-order valence-corrected chi connectivity index (χ3v) is 5.89. The molecule has 0 bridgehead atoms. The van der Waals surface area contributed by atoms with Gasteiger partial charge in [-0.2, -0.15) is 10.2 Å². The van der Waals surface area contributed by atoms with Crippen LogP contribution in [0.4, 0.5) is 5.82 Å². The Bertz CT molecular complexity index is 1410. The van der Waals surface area contributed by atoms with Crippen LogP contribution in [0.3, 0.4) is 0 Å². The van der Waals surface area contributed by atoms with Crippen molar-refractivity contribution in [2.45, 2.75) is 25.4 Å². The molecule has 0 unspecified atom stereocenters. The molecule has 5 rings (SSSR count). The average Bonchev–Trinajstić information content (AvgIpc) is 3.48. The summed E-state index contributed by atoms with van der Waals surface area (Å²) in [5.41, 5.74) is 9.26. The highest BCUT2D eigenvalue weighted by atomic mass is 16.2. The number of piperidine rings is 1. The number of benzene rings is 1. The number of likely N-dealkylation sites (tertiary alicyclic amines) is 1. The molecule has 4 aromatic rings. The second-order valence-electron chi connectivity index (χ2n) is 8.20. The van der Waals surface area contributed by atoms with Gasteiger partial charge in [-0.3, -0.25) is 9.48 Å². The topological polar surface area (TPSA) is 108 Å². The van der Waals surface area contributed by atoms with Gasteiger partial charge < -0.3 is 10.6 Å². The van der Waals surface area contributed by atoms with E-state index in [0.29, 0.717) is 42.2 Å². The van der Waals surface area contributed by atoms with Crippen molar-refractivity contribution in [2.24, 2.45) is 0 Å². The van der Waals surface area contributed by atoms with Crippen LogP contribution in [0.2, 0.25) is 0 Å². The second kappa shape index (κ2) is 9.19. The Labute approximate surface area is 196 Å². The Morgan fingerprint density at radius 2 is 2.09 bits per heavy atom. The van der Waals surface area contributed by atoms with E-state index in [1.54, 1.807) is 11.1 Å². The second-order valence-corrected chi connectivity index (χ2v) is 8.20. The Kier molecular flexibility index (Phi) is 5.79. The van der Waals surface area contributed by atoms with Gasteiger partial charge in [0.25, 0.3) is 0 Å². The molecule has 1 fully saturated rings. The van der Waals surface area contributed by atoms with E-state index in [-0.39, 0.29) is 11.9 Å². The van der Waals surface area contributed by atoms with Gasteiger partial charge in [-0.05, 0) is 30.4 Å². The lowest BCUT2D eigenvalue weighted by Gasteiger charge is -2.32. The molecule has 9 heteroatoms. The number of nitrogens with two attached hydrogens (primary N) is 1. The van der Waals surface area contributed by atoms with E-state index in [9.17, 15) is 4.79 Å². The number of nitrogens with zero attached hydrogens (tertiary/aromatic N) is 7. The van der Waals surface area contributed by atoms with E-state index in [0.717, 1.165) is 24.0 Å². The van der Waals surface area contributed by atoms with Gasteiger partial charge in [0.1, 0.15) is 17.8 Å². The smallest absolute Gasteiger partial charge is 0.246 e. The zero-order valence-corrected chi connectivity index (χ0v) is 18.6. The van der Waals surface area contributed by atoms with Gasteiger partial charge in [0, 0.05) is 19.3 Å². The Balaban J connectivity index is 1.45. The van der Waals surface area contributed by atoms with Crippen molar-refractivity contribution in [3.05, 3.63) is 78.5 Å². The number of fused-ring (bicyclic) bond motifs is 1. The first-order valence-electron chi connectivity index (χ1n) is 11.1. The molecular weight excluding hydrogens is 428 g/mol. The fourth-order valence-electron chi connectivity index (χ4n) is 4.24. The molecule has 34 heavy (non-hydrogen) atoms. The first-order chi connectivity index (χ1) is 16.6. The Morgan fingerprint density at radius 1 is 1.24 bits per heavy atom. The maximum Gasteiger partial charge on any atom is 0.246 e. The number of anilines is 1. The van der Waals surface area contributed by atoms with Crippen molar-refractivity contribution in [2.75, 3.05) is 18.8 Å². The van der Waals surface area contributed by atoms with Gasteiger partial charge >= 0.3 is 0 Å². The molecule has 1 saturated heterocycles. The van der Waals surface area contributed by atoms with E-state index >= 15 is 0 Å². The van der Waals surface area contributed by atoms with E-state index < -0.39 is 0 Å². The molecule has 4 heterocycles. The van der Waals surface area contributed by atoms with E-state index in [2.05, 4.69) is 45.6 Å². The van der Waals surface area contributed by atoms with Crippen LogP contribution in [0.25, 0.3) is 11.0 Å². The highest BCUT2D eigenvalue weighted by molar-refractivity contribution is 5.90. The van der Waals surface area contributed by atoms with Crippen molar-refractivity contribution in [1.29, 1.82) is 0 Å². The minimum absolute atomic E-state index is 0.0291. The Hall–Kier alpha value is -4.45. The summed E-state index contributed by atoms with van der Waals surface area (Å²) in [7, 11) is 0. The minimum atomic E-state index is -0.0807. The van der Waals surface area contributed by atoms with Crippen LogP contribution in [0.15, 0.2) is 61.7 Å². The normalized spacial score (nSPS) is 15.6. The largest absolute Gasteiger partial charge is 0.383 e. The first-order valence-corrected chi connectivity index (χ1v) is 11.1. The number of rotatable bonds is 4. The molecule has 9 nitrogen and oxygen atoms in total. The Morgan fingerprint density at radius 3 is 2.91 bits per heavy atom. The first kappa shape index (κ1) is 21.4. The molecule has 3 aromatic heterocycles. The zero-order chi connectivity index (χ0) is 23.5. The molecule has 1 aliphatic heterocycles. The molecule has 0 aliphatic carbocycles. The standard InChI is InChI=1S/C25H24N8O/c1-2-22(34)31-12-6-9-20(16-31)33-25-23(24(26)27-17-28-25)21(30-33)11-10-19-13-29-32(15-19)14-18-7-4-3-5-8-18/h2-5,7-8,13,15,17,20H,1,6,9,12,14,16H2,(H2,26,27,28)/t20-/m1/s1. The van der Waals surface area contributed by atoms with Crippen molar-refractivity contribution in [1.82, 2.24) is 34.4 Å². The zero-order valence-electron chi connectivity index (χ0n) is 18.6. The molecule has 1 atom stereocenters. The highest BCUT2D eigenvalue weighted by Gasteiger charge is 2.27. The number of hydrogen-bond acceptors (Lipinski definition) is 6. The van der Waals surface area contributed by atoms with Crippen LogP contribution in [0.1, 0.15) is 35.7 Å². The predicted octanol–water partition coefficient (Wildman–Crippen LogP) is 2.40. The van der Waals surface area contributed by atoms with Crippen molar-refractivity contribution >= 4 is 22.8 Å². The van der Waals surface area contributed by atoms with E-state index in [1.807, 2.05) is 33.8 Å². The summed E-state index contributed by atoms with van der Waals surface area (Å²) in [6.45, 7) is 5.51. The van der Waals surface area contributed by atoms with Gasteiger partial charge in [0.2, 0.25) is 5.91 Å². The van der Waals surface area contributed by atoms with E-state index in [4.69, 9.17) is 10.8 Å². The molecular formula is C25H24N8O. The third kappa shape index (κ3) is 4.26. The lowest BCUT2D eigenvalue weighted by Crippen LogP contribution is -2.40. The molecule has 1 aliphatic rings. The van der Waals surface area contributed by atoms with Crippen LogP contribution in [-0.4, -0.2) is 53.4 Å². The third-order valence-electron chi connectivity index (χ3n) is 5.89. The summed E-state index contributed by atoms with van der Waals surface area (Å²) < 4.78 is 3.68. The predicted molar refractivity (Wildman–Crippen MR) is 129 cm³/mol. The fourth-order valence-corrected chi connectivity index (χ4v) is 4.24. The number of amides is 1. The van der Waals surface area contributed by atoms with Gasteiger partial charge in [-0.15, -0.1) is 0 Å². The molecule has 2 N–H and O–H groups in total. The van der Waals surface area contributed by atoms with Crippen LogP contribution in [0.5, 0.6) is 0 Å². The van der Waals surface area contributed by atoms with Gasteiger partial charge in [0.15, 0.2) is 5.65 Å². The summed E-state index contributed by atoms with van der Waals surface area (Å²) in [6, 6.07) is 10.1. The maximum absolute atomic E-state index is 12.1. The lowest BCUT2D eigenvalue weighted by atomic mass is 10.1. The number of aromatic nitrogens is 6. The van der Waals surface area contributed by atoms with Gasteiger partial charge in [-0.1, -0.05) is 42.8 Å². The average molecular weight is 453 g/mol. The van der Waals surface area contributed by atoms with Crippen LogP contribution >= 0.6 is 0 Å². The quantitative estimate of drug-likeness (QED) is 0.376. The lowest BCUT2D eigenvalue weighted by molar-refractivity contribution is -0.127. The van der Waals surface area contributed by atoms with Crippen molar-refractivity contribution < 1.29 is 4.79 Å². The van der Waals surface area contributed by atoms with Crippen LogP contribution < -0.4 is 5.73 Å². The molecule has 1 amide bonds. The highest BCUT2D eigenvalue weighted by Crippen LogP contribution is 2.28. The van der Waals surface area contributed by atoms with Crippen LogP contribution in [-0.2, 0) is 11.3 Å². The SMILES string of the molecule is C=CC(=O)N1CCC[C@@H](n2nc(C#Cc3cnn(Cc4ccccc4)c3)c3c(N)ncnc32)C1. The molecule has 0 spiro atoms. The van der Waals surface area contributed by atoms with Crippen LogP contribution in [0, 0.1) is 11.8 Å². The van der Waals surface area contributed by atoms with Gasteiger partial charge in [0.05, 0.1) is 29.7 Å². The van der Waals surface area contributed by atoms with Crippen molar-refractivity contribution in [3.63, 3.8) is 0 Å².